The topological polar surface area (TPSA) is 181 Å². The van der Waals surface area contributed by atoms with Gasteiger partial charge in [-0.25, -0.2) is 0 Å². The van der Waals surface area contributed by atoms with Crippen LogP contribution < -0.4 is 27.0 Å². The SMILES string of the molecule is CCCCc1ccc(-c2ccc(C(=O)N[C@@H](CCC)C(=O)N(C)CC(=O)N[C@@H](C)C(=O)N[C@@H](CCCCN)C(=O)N[C@@H](C)B3O[C@@H]4C[C@@H]5C[C@@H](C5(C)C)[C@]4(C)O3)cc2)cc1. The third-order valence-corrected chi connectivity index (χ3v) is 13.3. The standard InChI is InChI=1S/C46H69BN6O7/c1-9-11-15-31-17-19-32(20-18-31)33-21-23-34(24-22-33)42(56)52-37(14-10-2)44(58)53(8)28-40(54)49-29(3)41(55)51-36(16-12-13-25-48)43(57)50-30(4)47-59-39-27-35-26-38(45(35,5)6)46(39,7)60-47/h17-24,29-30,35-39H,9-16,25-28,48H2,1-8H3,(H,49,54)(H,50,57)(H,51,55)(H,52,56)/t29-,30-,35-,36-,37-,38-,39+,46-/m0/s1. The van der Waals surface area contributed by atoms with Crippen molar-refractivity contribution in [3.63, 3.8) is 0 Å². The van der Waals surface area contributed by atoms with Crippen LogP contribution in [0.25, 0.3) is 11.1 Å². The normalized spacial score (nSPS) is 23.2. The van der Waals surface area contributed by atoms with Gasteiger partial charge in [-0.2, -0.15) is 0 Å². The number of nitrogens with one attached hydrogen (secondary N) is 4. The van der Waals surface area contributed by atoms with Gasteiger partial charge in [-0.1, -0.05) is 76.9 Å². The zero-order valence-corrected chi connectivity index (χ0v) is 37.1. The summed E-state index contributed by atoms with van der Waals surface area (Å²) in [7, 11) is 0.873. The summed E-state index contributed by atoms with van der Waals surface area (Å²) in [6.45, 7) is 14.3. The molecule has 1 heterocycles. The molecule has 3 aliphatic carbocycles. The van der Waals surface area contributed by atoms with E-state index in [1.807, 2.05) is 26.0 Å². The molecule has 4 fully saturated rings. The molecule has 13 nitrogen and oxygen atoms in total. The summed E-state index contributed by atoms with van der Waals surface area (Å²) in [5, 5.41) is 11.3. The molecule has 3 saturated carbocycles. The van der Waals surface area contributed by atoms with E-state index in [4.69, 9.17) is 15.0 Å². The molecule has 328 valence electrons. The Hall–Kier alpha value is -4.27. The van der Waals surface area contributed by atoms with Gasteiger partial charge in [0.25, 0.3) is 5.91 Å². The predicted molar refractivity (Wildman–Crippen MR) is 234 cm³/mol. The number of hydrogen-bond donors (Lipinski definition) is 5. The number of likely N-dealkylation sites (N-methyl/N-ethyl adjacent to an activating group) is 1. The highest BCUT2D eigenvalue weighted by atomic mass is 16.7. The first-order chi connectivity index (χ1) is 28.5. The van der Waals surface area contributed by atoms with Crippen LogP contribution in [0.4, 0.5) is 0 Å². The average Bonchev–Trinajstić information content (AvgIpc) is 3.59. The molecule has 2 aromatic carbocycles. The summed E-state index contributed by atoms with van der Waals surface area (Å²) in [5.74, 6) is -1.77. The van der Waals surface area contributed by atoms with Crippen LogP contribution in [0.15, 0.2) is 48.5 Å². The maximum Gasteiger partial charge on any atom is 0.481 e. The lowest BCUT2D eigenvalue weighted by atomic mass is 9.43. The lowest BCUT2D eigenvalue weighted by Gasteiger charge is -2.64. The Morgan fingerprint density at radius 2 is 1.48 bits per heavy atom. The van der Waals surface area contributed by atoms with Crippen molar-refractivity contribution in [1.29, 1.82) is 0 Å². The highest BCUT2D eigenvalue weighted by molar-refractivity contribution is 6.47. The third kappa shape index (κ3) is 11.0. The third-order valence-electron chi connectivity index (χ3n) is 13.3. The summed E-state index contributed by atoms with van der Waals surface area (Å²) in [5.41, 5.74) is 9.27. The van der Waals surface area contributed by atoms with Crippen molar-refractivity contribution in [2.75, 3.05) is 20.1 Å². The maximum atomic E-state index is 13.6. The Balaban J connectivity index is 1.10. The first kappa shape index (κ1) is 46.8. The van der Waals surface area contributed by atoms with Crippen molar-refractivity contribution >= 4 is 36.7 Å². The van der Waals surface area contributed by atoms with E-state index in [-0.39, 0.29) is 29.9 Å². The predicted octanol–water partition coefficient (Wildman–Crippen LogP) is 4.94. The van der Waals surface area contributed by atoms with Crippen LogP contribution in [-0.4, -0.2) is 97.5 Å². The summed E-state index contributed by atoms with van der Waals surface area (Å²) in [4.78, 5) is 68.2. The number of aryl methyl sites for hydroxylation is 1. The second-order valence-electron chi connectivity index (χ2n) is 18.2. The number of amides is 5. The van der Waals surface area contributed by atoms with Crippen LogP contribution >= 0.6 is 0 Å². The van der Waals surface area contributed by atoms with Gasteiger partial charge >= 0.3 is 7.12 Å². The van der Waals surface area contributed by atoms with Crippen molar-refractivity contribution in [3.05, 3.63) is 59.7 Å². The van der Waals surface area contributed by atoms with Crippen LogP contribution in [0.3, 0.4) is 0 Å². The molecule has 4 aliphatic rings. The molecule has 1 saturated heterocycles. The Morgan fingerprint density at radius 1 is 0.817 bits per heavy atom. The zero-order valence-electron chi connectivity index (χ0n) is 37.1. The minimum Gasteiger partial charge on any atom is -0.404 e. The molecule has 5 amide bonds. The number of nitrogens with zero attached hydrogens (tertiary/aromatic N) is 1. The first-order valence-electron chi connectivity index (χ1n) is 22.2. The van der Waals surface area contributed by atoms with Crippen LogP contribution in [0.5, 0.6) is 0 Å². The van der Waals surface area contributed by atoms with E-state index >= 15 is 0 Å². The van der Waals surface area contributed by atoms with Crippen LogP contribution in [0, 0.1) is 17.3 Å². The quantitative estimate of drug-likeness (QED) is 0.0867. The molecule has 2 bridgehead atoms. The fourth-order valence-corrected chi connectivity index (χ4v) is 9.32. The number of hydrogen-bond acceptors (Lipinski definition) is 8. The fourth-order valence-electron chi connectivity index (χ4n) is 9.32. The van der Waals surface area contributed by atoms with Gasteiger partial charge in [-0.3, -0.25) is 24.0 Å². The van der Waals surface area contributed by atoms with Gasteiger partial charge < -0.3 is 41.2 Å². The van der Waals surface area contributed by atoms with Gasteiger partial charge in [0.1, 0.15) is 18.1 Å². The number of carbonyl (C=O) groups is 5. The molecule has 0 spiro atoms. The number of benzene rings is 2. The second-order valence-corrected chi connectivity index (χ2v) is 18.2. The second kappa shape index (κ2) is 20.5. The molecule has 0 radical (unpaired) electrons. The van der Waals surface area contributed by atoms with Gasteiger partial charge in [-0.05, 0) is 125 Å². The molecule has 0 aromatic heterocycles. The smallest absolute Gasteiger partial charge is 0.404 e. The van der Waals surface area contributed by atoms with Gasteiger partial charge in [0.05, 0.1) is 24.2 Å². The van der Waals surface area contributed by atoms with Crippen LogP contribution in [0.2, 0.25) is 0 Å². The van der Waals surface area contributed by atoms with Crippen LogP contribution in [-0.2, 0) is 34.9 Å². The number of nitrogens with two attached hydrogens (primary N) is 1. The molecule has 60 heavy (non-hydrogen) atoms. The van der Waals surface area contributed by atoms with Gasteiger partial charge in [0.15, 0.2) is 0 Å². The van der Waals surface area contributed by atoms with Crippen molar-refractivity contribution in [1.82, 2.24) is 26.2 Å². The highest BCUT2D eigenvalue weighted by Gasteiger charge is 2.68. The van der Waals surface area contributed by atoms with Crippen LogP contribution in [0.1, 0.15) is 122 Å². The Labute approximate surface area is 357 Å². The van der Waals surface area contributed by atoms with E-state index in [0.717, 1.165) is 43.2 Å². The lowest BCUT2D eigenvalue weighted by Crippen LogP contribution is -2.65. The fraction of sp³-hybridized carbons (Fsp3) is 0.630. The van der Waals surface area contributed by atoms with E-state index in [2.05, 4.69) is 73.2 Å². The molecule has 6 N–H and O–H groups in total. The lowest BCUT2D eigenvalue weighted by molar-refractivity contribution is -0.199. The van der Waals surface area contributed by atoms with Crippen molar-refractivity contribution in [2.45, 2.75) is 148 Å². The number of rotatable bonds is 21. The highest BCUT2D eigenvalue weighted by Crippen LogP contribution is 2.65. The molecule has 2 aromatic rings. The van der Waals surface area contributed by atoms with E-state index in [9.17, 15) is 24.0 Å². The summed E-state index contributed by atoms with van der Waals surface area (Å²) in [6.07, 6.45) is 8.02. The zero-order chi connectivity index (χ0) is 43.8. The van der Waals surface area contributed by atoms with Crippen molar-refractivity contribution < 1.29 is 33.3 Å². The maximum absolute atomic E-state index is 13.6. The minimum absolute atomic E-state index is 0.0266. The van der Waals surface area contributed by atoms with E-state index in [1.165, 1.54) is 24.4 Å². The monoisotopic (exact) mass is 829 g/mol. The number of carbonyl (C=O) groups excluding carboxylic acids is 5. The van der Waals surface area contributed by atoms with Gasteiger partial charge in [-0.15, -0.1) is 0 Å². The molecule has 0 unspecified atom stereocenters. The molecule has 1 aliphatic heterocycles. The summed E-state index contributed by atoms with van der Waals surface area (Å²) >= 11 is 0. The molecular formula is C46H69BN6O7. The summed E-state index contributed by atoms with van der Waals surface area (Å²) < 4.78 is 12.9. The molecule has 8 atom stereocenters. The molecular weight excluding hydrogens is 759 g/mol. The van der Waals surface area contributed by atoms with E-state index in [1.54, 1.807) is 12.1 Å². The van der Waals surface area contributed by atoms with Crippen molar-refractivity contribution in [3.8, 4) is 11.1 Å². The van der Waals surface area contributed by atoms with Gasteiger partial charge in [0.2, 0.25) is 23.6 Å². The van der Waals surface area contributed by atoms with Gasteiger partial charge in [0, 0.05) is 12.6 Å². The Bertz CT molecular complexity index is 1810. The minimum atomic E-state index is -1.00. The largest absolute Gasteiger partial charge is 0.481 e. The Kier molecular flexibility index (Phi) is 16.0. The van der Waals surface area contributed by atoms with Crippen molar-refractivity contribution in [2.24, 2.45) is 23.0 Å². The Morgan fingerprint density at radius 3 is 2.10 bits per heavy atom. The first-order valence-corrected chi connectivity index (χ1v) is 22.2. The summed E-state index contributed by atoms with van der Waals surface area (Å²) in [6, 6.07) is 13.0. The average molecular weight is 829 g/mol. The molecule has 6 rings (SSSR count). The molecule has 14 heteroatoms. The number of unbranched alkanes of at least 4 members (excludes halogenated alkanes) is 2. The van der Waals surface area contributed by atoms with E-state index in [0.29, 0.717) is 56.0 Å². The van der Waals surface area contributed by atoms with E-state index < -0.39 is 54.5 Å².